The molecule has 0 spiro atoms. The number of alkyl halides is 2. The highest BCUT2D eigenvalue weighted by atomic mass is 19.3. The third-order valence-electron chi connectivity index (χ3n) is 3.05. The summed E-state index contributed by atoms with van der Waals surface area (Å²) in [5.41, 5.74) is -0.192. The number of carboxylic acids is 1. The summed E-state index contributed by atoms with van der Waals surface area (Å²) >= 11 is 0. The number of halogens is 2. The first-order valence-corrected chi connectivity index (χ1v) is 6.39. The fourth-order valence-electron chi connectivity index (χ4n) is 1.86. The van der Waals surface area contributed by atoms with Gasteiger partial charge in [-0.15, -0.1) is 0 Å². The molecule has 0 amide bonds. The van der Waals surface area contributed by atoms with Gasteiger partial charge in [0.25, 0.3) is 0 Å². The predicted molar refractivity (Wildman–Crippen MR) is 70.9 cm³/mol. The summed E-state index contributed by atoms with van der Waals surface area (Å²) in [6.45, 7) is 1.04. The van der Waals surface area contributed by atoms with Crippen LogP contribution in [0.3, 0.4) is 0 Å². The Bertz CT molecular complexity index is 437. The molecule has 0 aromatic heterocycles. The lowest BCUT2D eigenvalue weighted by atomic mass is 9.96. The molecular weight excluding hydrogens is 268 g/mol. The monoisotopic (exact) mass is 287 g/mol. The van der Waals surface area contributed by atoms with Crippen LogP contribution in [0, 0.1) is 0 Å². The maximum Gasteiger partial charge on any atom is 0.387 e. The van der Waals surface area contributed by atoms with Gasteiger partial charge in [-0.2, -0.15) is 8.78 Å². The van der Waals surface area contributed by atoms with Crippen molar-refractivity contribution in [3.8, 4) is 5.75 Å². The topological polar surface area (TPSA) is 58.6 Å². The molecule has 20 heavy (non-hydrogen) atoms. The van der Waals surface area contributed by atoms with Crippen molar-refractivity contribution in [1.29, 1.82) is 0 Å². The van der Waals surface area contributed by atoms with Crippen molar-refractivity contribution in [2.75, 3.05) is 0 Å². The number of aliphatic carboxylic acids is 1. The Balaban J connectivity index is 2.62. The van der Waals surface area contributed by atoms with Gasteiger partial charge in [-0.05, 0) is 31.0 Å². The second-order valence-electron chi connectivity index (χ2n) is 4.76. The molecule has 2 N–H and O–H groups in total. The summed E-state index contributed by atoms with van der Waals surface area (Å²) in [6, 6.07) is 6.11. The van der Waals surface area contributed by atoms with E-state index in [1.807, 2.05) is 6.92 Å². The first kappa shape index (κ1) is 16.4. The van der Waals surface area contributed by atoms with Crippen LogP contribution < -0.4 is 10.1 Å². The van der Waals surface area contributed by atoms with Crippen molar-refractivity contribution in [2.24, 2.45) is 0 Å². The van der Waals surface area contributed by atoms with Gasteiger partial charge in [0.05, 0.1) is 0 Å². The van der Waals surface area contributed by atoms with Gasteiger partial charge >= 0.3 is 12.6 Å². The molecule has 0 aliphatic rings. The fourth-order valence-corrected chi connectivity index (χ4v) is 1.86. The Hall–Kier alpha value is -1.69. The lowest BCUT2D eigenvalue weighted by Crippen LogP contribution is -2.48. The van der Waals surface area contributed by atoms with E-state index >= 15 is 0 Å². The SMILES string of the molecule is CCCC(C)(NCc1ccc(OC(F)F)cc1)C(=O)O. The molecule has 1 aromatic rings. The van der Waals surface area contributed by atoms with E-state index in [0.29, 0.717) is 13.0 Å². The molecule has 6 heteroatoms. The lowest BCUT2D eigenvalue weighted by molar-refractivity contribution is -0.144. The van der Waals surface area contributed by atoms with Gasteiger partial charge in [-0.1, -0.05) is 25.5 Å². The van der Waals surface area contributed by atoms with Gasteiger partial charge < -0.3 is 9.84 Å². The molecular formula is C14H19F2NO3. The number of carboxylic acid groups (broad SMARTS) is 1. The van der Waals surface area contributed by atoms with Crippen molar-refractivity contribution in [3.63, 3.8) is 0 Å². The Morgan fingerprint density at radius 2 is 2.00 bits per heavy atom. The summed E-state index contributed by atoms with van der Waals surface area (Å²) < 4.78 is 28.2. The third kappa shape index (κ3) is 4.77. The molecule has 0 bridgehead atoms. The zero-order valence-electron chi connectivity index (χ0n) is 11.5. The predicted octanol–water partition coefficient (Wildman–Crippen LogP) is 3.02. The highest BCUT2D eigenvalue weighted by Gasteiger charge is 2.31. The Kier molecular flexibility index (Phi) is 5.88. The molecule has 1 unspecified atom stereocenters. The number of ether oxygens (including phenoxy) is 1. The molecule has 112 valence electrons. The molecule has 0 radical (unpaired) electrons. The number of hydrogen-bond acceptors (Lipinski definition) is 3. The lowest BCUT2D eigenvalue weighted by Gasteiger charge is -2.26. The van der Waals surface area contributed by atoms with E-state index in [2.05, 4.69) is 10.1 Å². The summed E-state index contributed by atoms with van der Waals surface area (Å²) in [7, 11) is 0. The van der Waals surface area contributed by atoms with Crippen molar-refractivity contribution >= 4 is 5.97 Å². The highest BCUT2D eigenvalue weighted by Crippen LogP contribution is 2.17. The molecule has 0 heterocycles. The minimum atomic E-state index is -2.85. The standard InChI is InChI=1S/C14H19F2NO3/c1-3-8-14(2,12(18)19)17-9-10-4-6-11(7-5-10)20-13(15)16/h4-7,13,17H,3,8-9H2,1-2H3,(H,18,19). The largest absolute Gasteiger partial charge is 0.480 e. The normalized spacial score (nSPS) is 14.1. The highest BCUT2D eigenvalue weighted by molar-refractivity contribution is 5.78. The molecule has 0 fully saturated rings. The summed E-state index contributed by atoms with van der Waals surface area (Å²) in [5, 5.41) is 12.2. The Morgan fingerprint density at radius 3 is 2.45 bits per heavy atom. The molecule has 1 aromatic carbocycles. The molecule has 1 atom stereocenters. The van der Waals surface area contributed by atoms with E-state index in [1.165, 1.54) is 12.1 Å². The zero-order valence-corrected chi connectivity index (χ0v) is 11.5. The maximum absolute atomic E-state index is 12.0. The average Bonchev–Trinajstić information content (AvgIpc) is 2.37. The fraction of sp³-hybridized carbons (Fsp3) is 0.500. The first-order chi connectivity index (χ1) is 9.37. The van der Waals surface area contributed by atoms with Crippen LogP contribution in [0.15, 0.2) is 24.3 Å². The number of carbonyl (C=O) groups is 1. The van der Waals surface area contributed by atoms with E-state index in [1.54, 1.807) is 19.1 Å². The third-order valence-corrected chi connectivity index (χ3v) is 3.05. The average molecular weight is 287 g/mol. The van der Waals surface area contributed by atoms with E-state index < -0.39 is 18.1 Å². The van der Waals surface area contributed by atoms with E-state index in [4.69, 9.17) is 0 Å². The Morgan fingerprint density at radius 1 is 1.40 bits per heavy atom. The van der Waals surface area contributed by atoms with Crippen LogP contribution in [0.2, 0.25) is 0 Å². The molecule has 0 aliphatic heterocycles. The zero-order chi connectivity index (χ0) is 15.2. The smallest absolute Gasteiger partial charge is 0.387 e. The van der Waals surface area contributed by atoms with Gasteiger partial charge in [-0.25, -0.2) is 0 Å². The molecule has 1 rings (SSSR count). The quantitative estimate of drug-likeness (QED) is 0.771. The maximum atomic E-state index is 12.0. The van der Waals surface area contributed by atoms with E-state index in [0.717, 1.165) is 12.0 Å². The van der Waals surface area contributed by atoms with Crippen LogP contribution in [0.4, 0.5) is 8.78 Å². The molecule has 0 aliphatic carbocycles. The van der Waals surface area contributed by atoms with Crippen molar-refractivity contribution in [2.45, 2.75) is 45.4 Å². The second kappa shape index (κ2) is 7.19. The van der Waals surface area contributed by atoms with Gasteiger partial charge in [0.15, 0.2) is 0 Å². The van der Waals surface area contributed by atoms with Crippen LogP contribution in [0.1, 0.15) is 32.3 Å². The molecule has 0 saturated heterocycles. The van der Waals surface area contributed by atoms with Crippen molar-refractivity contribution < 1.29 is 23.4 Å². The number of hydrogen-bond donors (Lipinski definition) is 2. The van der Waals surface area contributed by atoms with Crippen molar-refractivity contribution in [1.82, 2.24) is 5.32 Å². The molecule has 4 nitrogen and oxygen atoms in total. The minimum absolute atomic E-state index is 0.0818. The van der Waals surface area contributed by atoms with Crippen LogP contribution in [-0.4, -0.2) is 23.2 Å². The van der Waals surface area contributed by atoms with Gasteiger partial charge in [0, 0.05) is 6.54 Å². The number of nitrogens with one attached hydrogen (secondary N) is 1. The summed E-state index contributed by atoms with van der Waals surface area (Å²) in [4.78, 5) is 11.2. The summed E-state index contributed by atoms with van der Waals surface area (Å²) in [5.74, 6) is -0.824. The minimum Gasteiger partial charge on any atom is -0.480 e. The van der Waals surface area contributed by atoms with Crippen LogP contribution in [0.25, 0.3) is 0 Å². The van der Waals surface area contributed by atoms with Crippen LogP contribution in [-0.2, 0) is 11.3 Å². The summed E-state index contributed by atoms with van der Waals surface area (Å²) in [6.07, 6.45) is 1.26. The Labute approximate surface area is 116 Å². The number of rotatable bonds is 8. The van der Waals surface area contributed by atoms with Crippen LogP contribution in [0.5, 0.6) is 5.75 Å². The number of benzene rings is 1. The molecule has 0 saturated carbocycles. The van der Waals surface area contributed by atoms with Gasteiger partial charge in [0.1, 0.15) is 11.3 Å². The van der Waals surface area contributed by atoms with E-state index in [-0.39, 0.29) is 5.75 Å². The van der Waals surface area contributed by atoms with E-state index in [9.17, 15) is 18.7 Å². The van der Waals surface area contributed by atoms with Crippen LogP contribution >= 0.6 is 0 Å². The van der Waals surface area contributed by atoms with Gasteiger partial charge in [-0.3, -0.25) is 10.1 Å². The second-order valence-corrected chi connectivity index (χ2v) is 4.76. The van der Waals surface area contributed by atoms with Crippen molar-refractivity contribution in [3.05, 3.63) is 29.8 Å². The van der Waals surface area contributed by atoms with Gasteiger partial charge in [0.2, 0.25) is 0 Å². The first-order valence-electron chi connectivity index (χ1n) is 6.39.